The topological polar surface area (TPSA) is 60.8 Å². The zero-order valence-electron chi connectivity index (χ0n) is 17.1. The summed E-state index contributed by atoms with van der Waals surface area (Å²) in [7, 11) is 4.20. The Morgan fingerprint density at radius 2 is 1.37 bits per heavy atom. The van der Waals surface area contributed by atoms with Crippen molar-refractivity contribution in [3.8, 4) is 0 Å². The number of nitrogens with zero attached hydrogens (tertiary/aromatic N) is 1. The SMILES string of the molecule is CC(=O)O.CCC(O)C(CC(C)N(C)C)(c1ccccc1)c1ccccc1. The Hall–Kier alpha value is -2.17. The first-order chi connectivity index (χ1) is 12.8. The first-order valence-electron chi connectivity index (χ1n) is 9.40. The molecule has 4 nitrogen and oxygen atoms in total. The van der Waals surface area contributed by atoms with E-state index in [1.165, 1.54) is 11.1 Å². The van der Waals surface area contributed by atoms with Crippen LogP contribution in [0.3, 0.4) is 0 Å². The van der Waals surface area contributed by atoms with Gasteiger partial charge in [-0.2, -0.15) is 0 Å². The summed E-state index contributed by atoms with van der Waals surface area (Å²) in [6.45, 7) is 5.37. The fraction of sp³-hybridized carbons (Fsp3) is 0.435. The number of hydrogen-bond acceptors (Lipinski definition) is 3. The van der Waals surface area contributed by atoms with E-state index in [2.05, 4.69) is 81.4 Å². The highest BCUT2D eigenvalue weighted by Gasteiger charge is 2.41. The van der Waals surface area contributed by atoms with E-state index >= 15 is 0 Å². The van der Waals surface area contributed by atoms with Crippen LogP contribution in [0.2, 0.25) is 0 Å². The summed E-state index contributed by atoms with van der Waals surface area (Å²) in [5, 5.41) is 18.5. The van der Waals surface area contributed by atoms with Crippen LogP contribution in [0.15, 0.2) is 60.7 Å². The van der Waals surface area contributed by atoms with Crippen molar-refractivity contribution in [2.45, 2.75) is 51.2 Å². The molecule has 0 bridgehead atoms. The van der Waals surface area contributed by atoms with Gasteiger partial charge in [0.1, 0.15) is 0 Å². The van der Waals surface area contributed by atoms with Gasteiger partial charge in [-0.3, -0.25) is 4.79 Å². The minimum Gasteiger partial charge on any atom is -0.481 e. The van der Waals surface area contributed by atoms with Crippen LogP contribution >= 0.6 is 0 Å². The van der Waals surface area contributed by atoms with Gasteiger partial charge in [-0.1, -0.05) is 67.6 Å². The van der Waals surface area contributed by atoms with Crippen molar-refractivity contribution in [3.05, 3.63) is 71.8 Å². The third kappa shape index (κ3) is 6.19. The van der Waals surface area contributed by atoms with Crippen molar-refractivity contribution < 1.29 is 15.0 Å². The second-order valence-corrected chi connectivity index (χ2v) is 7.16. The number of aliphatic carboxylic acids is 1. The molecule has 148 valence electrons. The molecule has 2 atom stereocenters. The van der Waals surface area contributed by atoms with Crippen LogP contribution in [0.1, 0.15) is 44.7 Å². The fourth-order valence-electron chi connectivity index (χ4n) is 3.39. The number of carboxylic acids is 1. The van der Waals surface area contributed by atoms with Crippen LogP contribution in [-0.4, -0.2) is 47.3 Å². The smallest absolute Gasteiger partial charge is 0.300 e. The molecular formula is C23H33NO3. The normalized spacial score (nSPS) is 13.4. The van der Waals surface area contributed by atoms with Crippen molar-refractivity contribution in [3.63, 3.8) is 0 Å². The maximum atomic E-state index is 11.1. The number of hydrogen-bond donors (Lipinski definition) is 2. The van der Waals surface area contributed by atoms with E-state index in [4.69, 9.17) is 9.90 Å². The van der Waals surface area contributed by atoms with Gasteiger partial charge in [-0.25, -0.2) is 0 Å². The molecule has 0 spiro atoms. The van der Waals surface area contributed by atoms with Crippen molar-refractivity contribution in [2.75, 3.05) is 14.1 Å². The lowest BCUT2D eigenvalue weighted by Crippen LogP contribution is -2.45. The predicted octanol–water partition coefficient (Wildman–Crippen LogP) is 4.17. The van der Waals surface area contributed by atoms with Crippen molar-refractivity contribution in [2.24, 2.45) is 0 Å². The molecule has 0 aliphatic rings. The highest BCUT2D eigenvalue weighted by Crippen LogP contribution is 2.41. The van der Waals surface area contributed by atoms with Crippen LogP contribution in [0.4, 0.5) is 0 Å². The number of carbonyl (C=O) groups is 1. The standard InChI is InChI=1S/C21H29NO.C2H4O2/c1-5-20(23)21(16-17(2)22(3)4,18-12-8-6-9-13-18)19-14-10-7-11-15-19;1-2(3)4/h6-15,17,20,23H,5,16H2,1-4H3;1H3,(H,3,4). The van der Waals surface area contributed by atoms with Gasteiger partial charge in [0.15, 0.2) is 0 Å². The molecule has 4 heteroatoms. The number of benzene rings is 2. The van der Waals surface area contributed by atoms with E-state index < -0.39 is 12.1 Å². The molecule has 0 saturated carbocycles. The molecule has 0 heterocycles. The second kappa shape index (κ2) is 10.9. The van der Waals surface area contributed by atoms with Gasteiger partial charge in [-0.15, -0.1) is 0 Å². The number of aliphatic hydroxyl groups excluding tert-OH is 1. The van der Waals surface area contributed by atoms with E-state index in [1.54, 1.807) is 0 Å². The van der Waals surface area contributed by atoms with Crippen LogP contribution in [0.5, 0.6) is 0 Å². The summed E-state index contributed by atoms with van der Waals surface area (Å²) in [5.41, 5.74) is 1.99. The summed E-state index contributed by atoms with van der Waals surface area (Å²) in [5.74, 6) is -0.833. The maximum Gasteiger partial charge on any atom is 0.300 e. The Morgan fingerprint density at radius 3 is 1.67 bits per heavy atom. The molecule has 0 saturated heterocycles. The first kappa shape index (κ1) is 22.9. The van der Waals surface area contributed by atoms with E-state index in [-0.39, 0.29) is 5.41 Å². The second-order valence-electron chi connectivity index (χ2n) is 7.16. The largest absolute Gasteiger partial charge is 0.481 e. The van der Waals surface area contributed by atoms with Crippen LogP contribution in [0, 0.1) is 0 Å². The molecule has 2 aromatic carbocycles. The lowest BCUT2D eigenvalue weighted by molar-refractivity contribution is -0.134. The van der Waals surface area contributed by atoms with Gasteiger partial charge < -0.3 is 15.1 Å². The van der Waals surface area contributed by atoms with Gasteiger partial charge in [0.2, 0.25) is 0 Å². The Bertz CT molecular complexity index is 627. The third-order valence-electron chi connectivity index (χ3n) is 5.03. The fourth-order valence-corrected chi connectivity index (χ4v) is 3.39. The zero-order valence-corrected chi connectivity index (χ0v) is 17.1. The molecular weight excluding hydrogens is 338 g/mol. The molecule has 0 aliphatic carbocycles. The van der Waals surface area contributed by atoms with Gasteiger partial charge in [0.25, 0.3) is 5.97 Å². The lowest BCUT2D eigenvalue weighted by atomic mass is 9.66. The minimum atomic E-state index is -0.833. The van der Waals surface area contributed by atoms with Gasteiger partial charge in [0.05, 0.1) is 6.10 Å². The lowest BCUT2D eigenvalue weighted by Gasteiger charge is -2.42. The van der Waals surface area contributed by atoms with E-state index in [0.717, 1.165) is 19.8 Å². The molecule has 0 radical (unpaired) electrons. The monoisotopic (exact) mass is 371 g/mol. The summed E-state index contributed by atoms with van der Waals surface area (Å²) in [4.78, 5) is 11.2. The van der Waals surface area contributed by atoms with E-state index in [9.17, 15) is 5.11 Å². The van der Waals surface area contributed by atoms with Crippen molar-refractivity contribution >= 4 is 5.97 Å². The third-order valence-corrected chi connectivity index (χ3v) is 5.03. The molecule has 2 N–H and O–H groups in total. The molecule has 0 aliphatic heterocycles. The summed E-state index contributed by atoms with van der Waals surface area (Å²) in [6, 6.07) is 21.3. The molecule has 2 unspecified atom stereocenters. The van der Waals surface area contributed by atoms with E-state index in [1.807, 2.05) is 12.1 Å². The average Bonchev–Trinajstić information content (AvgIpc) is 2.66. The van der Waals surface area contributed by atoms with Crippen LogP contribution in [-0.2, 0) is 10.2 Å². The zero-order chi connectivity index (χ0) is 20.4. The maximum absolute atomic E-state index is 11.1. The quantitative estimate of drug-likeness (QED) is 0.767. The van der Waals surface area contributed by atoms with Crippen LogP contribution < -0.4 is 0 Å². The Labute approximate surface area is 163 Å². The Balaban J connectivity index is 0.000000828. The van der Waals surface area contributed by atoms with Gasteiger partial charge in [-0.05, 0) is 45.0 Å². The van der Waals surface area contributed by atoms with Crippen LogP contribution in [0.25, 0.3) is 0 Å². The predicted molar refractivity (Wildman–Crippen MR) is 111 cm³/mol. The highest BCUT2D eigenvalue weighted by molar-refractivity contribution is 5.62. The Kier molecular flexibility index (Phi) is 9.19. The van der Waals surface area contributed by atoms with Crippen molar-refractivity contribution in [1.82, 2.24) is 4.90 Å². The number of carboxylic acid groups (broad SMARTS) is 1. The van der Waals surface area contributed by atoms with Gasteiger partial charge >= 0.3 is 0 Å². The molecule has 2 aromatic rings. The molecule has 27 heavy (non-hydrogen) atoms. The molecule has 0 fully saturated rings. The first-order valence-corrected chi connectivity index (χ1v) is 9.40. The summed E-state index contributed by atoms with van der Waals surface area (Å²) < 4.78 is 0. The average molecular weight is 372 g/mol. The minimum absolute atomic E-state index is 0.358. The van der Waals surface area contributed by atoms with Crippen molar-refractivity contribution in [1.29, 1.82) is 0 Å². The van der Waals surface area contributed by atoms with E-state index in [0.29, 0.717) is 6.04 Å². The summed E-state index contributed by atoms with van der Waals surface area (Å²) in [6.07, 6.45) is 1.18. The molecule has 2 rings (SSSR count). The highest BCUT2D eigenvalue weighted by atomic mass is 16.4. The Morgan fingerprint density at radius 1 is 1.00 bits per heavy atom. The molecule has 0 aromatic heterocycles. The van der Waals surface area contributed by atoms with Gasteiger partial charge in [0, 0.05) is 18.4 Å². The number of aliphatic hydroxyl groups is 1. The number of rotatable bonds is 7. The summed E-state index contributed by atoms with van der Waals surface area (Å²) >= 11 is 0. The molecule has 0 amide bonds.